The molecule has 0 nitrogen and oxygen atoms in total. The average molecular weight is 535 g/mol. The molecule has 0 atom stereocenters. The van der Waals surface area contributed by atoms with Crippen LogP contribution >= 0.6 is 0 Å². The Morgan fingerprint density at radius 1 is 0.550 bits per heavy atom. The van der Waals surface area contributed by atoms with Crippen molar-refractivity contribution in [1.82, 2.24) is 0 Å². The minimum absolute atomic E-state index is 0.744. The van der Waals surface area contributed by atoms with Gasteiger partial charge in [0.2, 0.25) is 0 Å². The summed E-state index contributed by atoms with van der Waals surface area (Å²) in [6, 6.07) is 22.8. The zero-order chi connectivity index (χ0) is 27.8. The van der Waals surface area contributed by atoms with Crippen molar-refractivity contribution in [3.63, 3.8) is 0 Å². The lowest BCUT2D eigenvalue weighted by Gasteiger charge is -2.29. The number of benzene rings is 3. The van der Waals surface area contributed by atoms with E-state index in [-0.39, 0.29) is 0 Å². The molecule has 0 N–H and O–H groups in total. The molecule has 0 heteroatoms. The van der Waals surface area contributed by atoms with Gasteiger partial charge in [0.05, 0.1) is 0 Å². The molecule has 0 spiro atoms. The van der Waals surface area contributed by atoms with Crippen LogP contribution in [-0.2, 0) is 6.42 Å². The SMILES string of the molecule is CCCCCCCCC[C@H]1CC[C@H](c2ccc(C#Cc3ccc4cc(CCCCCCC)ccc4c3)cc2)CC1. The van der Waals surface area contributed by atoms with Gasteiger partial charge in [0.25, 0.3) is 0 Å². The van der Waals surface area contributed by atoms with Crippen molar-refractivity contribution in [3.8, 4) is 11.8 Å². The Balaban J connectivity index is 1.21. The van der Waals surface area contributed by atoms with Crippen LogP contribution in [0.3, 0.4) is 0 Å². The van der Waals surface area contributed by atoms with E-state index in [1.807, 2.05) is 0 Å². The molecule has 0 heterocycles. The molecule has 1 saturated carbocycles. The maximum atomic E-state index is 3.41. The van der Waals surface area contributed by atoms with Crippen molar-refractivity contribution in [2.75, 3.05) is 0 Å². The predicted molar refractivity (Wildman–Crippen MR) is 176 cm³/mol. The standard InChI is InChI=1S/C40H54/c1-3-5-7-9-10-12-13-15-33-19-25-37(26-20-33)38-27-21-34(22-28-38)17-18-36-24-30-39-31-35(23-29-40(39)32-36)16-14-11-8-6-4-2/h21-24,27-33,37H,3-16,19-20,25-26H2,1-2H3/t33-,37-. The summed E-state index contributed by atoms with van der Waals surface area (Å²) in [5.41, 5.74) is 5.20. The summed E-state index contributed by atoms with van der Waals surface area (Å²) >= 11 is 0. The molecule has 4 rings (SSSR count). The molecule has 40 heavy (non-hydrogen) atoms. The fraction of sp³-hybridized carbons (Fsp3) is 0.550. The number of fused-ring (bicyclic) bond motifs is 1. The number of hydrogen-bond donors (Lipinski definition) is 0. The fourth-order valence-electron chi connectivity index (χ4n) is 6.62. The lowest BCUT2D eigenvalue weighted by Crippen LogP contribution is -2.13. The minimum atomic E-state index is 0.744. The Bertz CT molecular complexity index is 1180. The summed E-state index contributed by atoms with van der Waals surface area (Å²) in [4.78, 5) is 0. The second-order valence-electron chi connectivity index (χ2n) is 12.6. The first-order valence-corrected chi connectivity index (χ1v) is 16.9. The maximum absolute atomic E-state index is 3.41. The van der Waals surface area contributed by atoms with Crippen LogP contribution < -0.4 is 0 Å². The molecule has 0 radical (unpaired) electrons. The molecule has 0 bridgehead atoms. The molecule has 1 aliphatic rings. The average Bonchev–Trinajstić information content (AvgIpc) is 3.00. The summed E-state index contributed by atoms with van der Waals surface area (Å²) in [5, 5.41) is 2.62. The number of aryl methyl sites for hydroxylation is 1. The molecule has 3 aromatic rings. The lowest BCUT2D eigenvalue weighted by atomic mass is 9.77. The smallest absolute Gasteiger partial charge is 0.0255 e. The molecule has 0 amide bonds. The molecule has 1 aliphatic carbocycles. The topological polar surface area (TPSA) is 0 Å². The predicted octanol–water partition coefficient (Wildman–Crippen LogP) is 12.2. The van der Waals surface area contributed by atoms with Gasteiger partial charge in [-0.15, -0.1) is 0 Å². The number of hydrogen-bond acceptors (Lipinski definition) is 0. The van der Waals surface area contributed by atoms with E-state index in [2.05, 4.69) is 86.4 Å². The summed E-state index contributed by atoms with van der Waals surface area (Å²) in [7, 11) is 0. The summed E-state index contributed by atoms with van der Waals surface area (Å²) in [5.74, 6) is 8.55. The van der Waals surface area contributed by atoms with E-state index in [4.69, 9.17) is 0 Å². The van der Waals surface area contributed by atoms with Gasteiger partial charge in [-0.1, -0.05) is 139 Å². The molecule has 0 aliphatic heterocycles. The van der Waals surface area contributed by atoms with Crippen LogP contribution in [0.2, 0.25) is 0 Å². The monoisotopic (exact) mass is 534 g/mol. The van der Waals surface area contributed by atoms with Gasteiger partial charge >= 0.3 is 0 Å². The van der Waals surface area contributed by atoms with Crippen molar-refractivity contribution in [2.24, 2.45) is 5.92 Å². The number of rotatable bonds is 15. The second-order valence-corrected chi connectivity index (χ2v) is 12.6. The molecule has 3 aromatic carbocycles. The van der Waals surface area contributed by atoms with Crippen molar-refractivity contribution in [2.45, 2.75) is 135 Å². The van der Waals surface area contributed by atoms with Crippen LogP contribution in [0, 0.1) is 17.8 Å². The van der Waals surface area contributed by atoms with Crippen molar-refractivity contribution in [1.29, 1.82) is 0 Å². The van der Waals surface area contributed by atoms with Gasteiger partial charge in [0, 0.05) is 11.1 Å². The number of unbranched alkanes of at least 4 members (excludes halogenated alkanes) is 10. The zero-order valence-corrected chi connectivity index (χ0v) is 25.7. The lowest BCUT2D eigenvalue weighted by molar-refractivity contribution is 0.302. The van der Waals surface area contributed by atoms with Gasteiger partial charge < -0.3 is 0 Å². The van der Waals surface area contributed by atoms with E-state index in [1.54, 1.807) is 0 Å². The van der Waals surface area contributed by atoms with Crippen LogP contribution in [0.5, 0.6) is 0 Å². The molecule has 1 fully saturated rings. The summed E-state index contributed by atoms with van der Waals surface area (Å²) in [6.45, 7) is 4.58. The van der Waals surface area contributed by atoms with E-state index in [9.17, 15) is 0 Å². The van der Waals surface area contributed by atoms with E-state index in [1.165, 1.54) is 137 Å². The van der Waals surface area contributed by atoms with Crippen LogP contribution in [0.25, 0.3) is 10.8 Å². The second kappa shape index (κ2) is 17.3. The molecule has 214 valence electrons. The van der Waals surface area contributed by atoms with Gasteiger partial charge in [0.15, 0.2) is 0 Å². The van der Waals surface area contributed by atoms with Crippen LogP contribution in [-0.4, -0.2) is 0 Å². The molecule has 0 aromatic heterocycles. The van der Waals surface area contributed by atoms with Crippen LogP contribution in [0.4, 0.5) is 0 Å². The van der Waals surface area contributed by atoms with Crippen molar-refractivity contribution < 1.29 is 0 Å². The summed E-state index contributed by atoms with van der Waals surface area (Å²) in [6.07, 6.45) is 24.9. The Hall–Kier alpha value is -2.52. The largest absolute Gasteiger partial charge is 0.0654 e. The highest BCUT2D eigenvalue weighted by atomic mass is 14.3. The van der Waals surface area contributed by atoms with E-state index in [0.717, 1.165) is 23.0 Å². The highest BCUT2D eigenvalue weighted by Crippen LogP contribution is 2.37. The third kappa shape index (κ3) is 10.1. The Morgan fingerprint density at radius 2 is 1.12 bits per heavy atom. The Kier molecular flexibility index (Phi) is 13.2. The van der Waals surface area contributed by atoms with Crippen LogP contribution in [0.15, 0.2) is 60.7 Å². The molecule has 0 saturated heterocycles. The molecular formula is C40H54. The highest BCUT2D eigenvalue weighted by molar-refractivity contribution is 5.84. The normalized spacial score (nSPS) is 17.1. The zero-order valence-electron chi connectivity index (χ0n) is 25.7. The Labute approximate surface area is 246 Å². The van der Waals surface area contributed by atoms with Gasteiger partial charge in [-0.3, -0.25) is 0 Å². The van der Waals surface area contributed by atoms with Crippen molar-refractivity contribution in [3.05, 3.63) is 82.9 Å². The van der Waals surface area contributed by atoms with Gasteiger partial charge in [-0.25, -0.2) is 0 Å². The maximum Gasteiger partial charge on any atom is 0.0255 e. The van der Waals surface area contributed by atoms with Gasteiger partial charge in [-0.05, 0) is 96.5 Å². The minimum Gasteiger partial charge on any atom is -0.0654 e. The van der Waals surface area contributed by atoms with Crippen molar-refractivity contribution >= 4 is 10.8 Å². The molecule has 0 unspecified atom stereocenters. The fourth-order valence-corrected chi connectivity index (χ4v) is 6.62. The first-order valence-electron chi connectivity index (χ1n) is 16.9. The Morgan fingerprint density at radius 3 is 1.85 bits per heavy atom. The molecular weight excluding hydrogens is 480 g/mol. The van der Waals surface area contributed by atoms with Gasteiger partial charge in [0.1, 0.15) is 0 Å². The summed E-state index contributed by atoms with van der Waals surface area (Å²) < 4.78 is 0. The first-order chi connectivity index (χ1) is 19.7. The van der Waals surface area contributed by atoms with Gasteiger partial charge in [-0.2, -0.15) is 0 Å². The van der Waals surface area contributed by atoms with E-state index < -0.39 is 0 Å². The van der Waals surface area contributed by atoms with E-state index >= 15 is 0 Å². The highest BCUT2D eigenvalue weighted by Gasteiger charge is 2.21. The third-order valence-electron chi connectivity index (χ3n) is 9.27. The van der Waals surface area contributed by atoms with Crippen LogP contribution in [0.1, 0.15) is 151 Å². The van der Waals surface area contributed by atoms with E-state index in [0.29, 0.717) is 0 Å². The third-order valence-corrected chi connectivity index (χ3v) is 9.27. The quantitative estimate of drug-likeness (QED) is 0.134. The first kappa shape index (κ1) is 30.4.